The first-order valence-corrected chi connectivity index (χ1v) is 9.65. The highest BCUT2D eigenvalue weighted by atomic mass is 16.2. The average Bonchev–Trinajstić information content (AvgIpc) is 3.45. The number of aromatic nitrogens is 4. The van der Waals surface area contributed by atoms with E-state index >= 15 is 0 Å². The Morgan fingerprint density at radius 3 is 2.59 bits per heavy atom. The summed E-state index contributed by atoms with van der Waals surface area (Å²) >= 11 is 0. The largest absolute Gasteiger partial charge is 0.347 e. The molecule has 1 atom stereocenters. The molecular weight excluding hydrogens is 368 g/mol. The van der Waals surface area contributed by atoms with Crippen molar-refractivity contribution in [1.82, 2.24) is 30.4 Å². The van der Waals surface area contributed by atoms with Crippen LogP contribution in [0.25, 0.3) is 5.69 Å². The van der Waals surface area contributed by atoms with Gasteiger partial charge in [-0.05, 0) is 53.1 Å². The second-order valence-electron chi connectivity index (χ2n) is 7.09. The quantitative estimate of drug-likeness (QED) is 0.690. The molecule has 1 unspecified atom stereocenters. The van der Waals surface area contributed by atoms with Gasteiger partial charge in [-0.3, -0.25) is 9.59 Å². The average molecular weight is 390 g/mol. The number of hydrogen-bond donors (Lipinski definition) is 1. The predicted octanol–water partition coefficient (Wildman–Crippen LogP) is 1.63. The minimum atomic E-state index is -0.142. The third-order valence-corrected chi connectivity index (χ3v) is 5.09. The Morgan fingerprint density at radius 2 is 1.86 bits per heavy atom. The SMILES string of the molecule is O=C(NC1CCN(C(=O)CCc2ccccc2)C1)c1ccc(-n2cnnn2)cc1. The van der Waals surface area contributed by atoms with Crippen molar-refractivity contribution in [2.75, 3.05) is 13.1 Å². The number of nitrogens with zero attached hydrogens (tertiary/aromatic N) is 5. The van der Waals surface area contributed by atoms with Gasteiger partial charge in [-0.2, -0.15) is 0 Å². The Hall–Kier alpha value is -3.55. The fourth-order valence-electron chi connectivity index (χ4n) is 3.47. The van der Waals surface area contributed by atoms with E-state index in [1.165, 1.54) is 11.0 Å². The number of aryl methyl sites for hydroxylation is 1. The fraction of sp³-hybridized carbons (Fsp3) is 0.286. The minimum absolute atomic E-state index is 0.0256. The second kappa shape index (κ2) is 8.64. The summed E-state index contributed by atoms with van der Waals surface area (Å²) < 4.78 is 1.53. The van der Waals surface area contributed by atoms with Gasteiger partial charge < -0.3 is 10.2 Å². The van der Waals surface area contributed by atoms with Crippen molar-refractivity contribution in [1.29, 1.82) is 0 Å². The lowest BCUT2D eigenvalue weighted by atomic mass is 10.1. The van der Waals surface area contributed by atoms with Crippen molar-refractivity contribution < 1.29 is 9.59 Å². The van der Waals surface area contributed by atoms with Crippen molar-refractivity contribution in [3.8, 4) is 5.69 Å². The molecule has 1 fully saturated rings. The van der Waals surface area contributed by atoms with E-state index in [0.717, 1.165) is 24.1 Å². The first-order valence-electron chi connectivity index (χ1n) is 9.65. The van der Waals surface area contributed by atoms with Gasteiger partial charge in [0.25, 0.3) is 5.91 Å². The van der Waals surface area contributed by atoms with Gasteiger partial charge in [0.1, 0.15) is 6.33 Å². The van der Waals surface area contributed by atoms with Crippen LogP contribution in [0.1, 0.15) is 28.8 Å². The van der Waals surface area contributed by atoms with Crippen LogP contribution in [-0.2, 0) is 11.2 Å². The van der Waals surface area contributed by atoms with E-state index in [4.69, 9.17) is 0 Å². The molecule has 0 saturated carbocycles. The number of benzene rings is 2. The van der Waals surface area contributed by atoms with Crippen LogP contribution in [0.4, 0.5) is 0 Å². The molecule has 2 heterocycles. The molecule has 0 aliphatic carbocycles. The summed E-state index contributed by atoms with van der Waals surface area (Å²) in [5.41, 5.74) is 2.51. The lowest BCUT2D eigenvalue weighted by molar-refractivity contribution is -0.130. The molecule has 2 amide bonds. The smallest absolute Gasteiger partial charge is 0.251 e. The van der Waals surface area contributed by atoms with Crippen LogP contribution in [0.5, 0.6) is 0 Å². The van der Waals surface area contributed by atoms with Gasteiger partial charge in [0.15, 0.2) is 0 Å². The van der Waals surface area contributed by atoms with Crippen molar-refractivity contribution in [3.63, 3.8) is 0 Å². The van der Waals surface area contributed by atoms with Crippen molar-refractivity contribution >= 4 is 11.8 Å². The summed E-state index contributed by atoms with van der Waals surface area (Å²) in [5, 5.41) is 14.0. The Bertz CT molecular complexity index is 957. The number of tetrazole rings is 1. The molecular formula is C21H22N6O2. The van der Waals surface area contributed by atoms with Gasteiger partial charge in [-0.1, -0.05) is 30.3 Å². The molecule has 1 N–H and O–H groups in total. The molecule has 1 aliphatic rings. The summed E-state index contributed by atoms with van der Waals surface area (Å²) in [6.07, 6.45) is 3.49. The van der Waals surface area contributed by atoms with Gasteiger partial charge in [-0.15, -0.1) is 5.10 Å². The van der Waals surface area contributed by atoms with Gasteiger partial charge in [0.05, 0.1) is 5.69 Å². The van der Waals surface area contributed by atoms with E-state index < -0.39 is 0 Å². The zero-order chi connectivity index (χ0) is 20.1. The van der Waals surface area contributed by atoms with Gasteiger partial charge in [0, 0.05) is 31.1 Å². The second-order valence-corrected chi connectivity index (χ2v) is 7.09. The summed E-state index contributed by atoms with van der Waals surface area (Å²) in [7, 11) is 0. The molecule has 1 aliphatic heterocycles. The predicted molar refractivity (Wildman–Crippen MR) is 106 cm³/mol. The molecule has 0 radical (unpaired) electrons. The highest BCUT2D eigenvalue weighted by Crippen LogP contribution is 2.14. The van der Waals surface area contributed by atoms with Crippen LogP contribution in [0.15, 0.2) is 60.9 Å². The first-order chi connectivity index (χ1) is 14.2. The van der Waals surface area contributed by atoms with Crippen molar-refractivity contribution in [2.24, 2.45) is 0 Å². The normalized spacial score (nSPS) is 16.0. The van der Waals surface area contributed by atoms with Gasteiger partial charge in [-0.25, -0.2) is 4.68 Å². The number of carbonyl (C=O) groups excluding carboxylic acids is 2. The van der Waals surface area contributed by atoms with Crippen molar-refractivity contribution in [2.45, 2.75) is 25.3 Å². The van der Waals surface area contributed by atoms with E-state index in [1.54, 1.807) is 24.3 Å². The molecule has 2 aromatic carbocycles. The van der Waals surface area contributed by atoms with E-state index in [9.17, 15) is 9.59 Å². The fourth-order valence-corrected chi connectivity index (χ4v) is 3.47. The van der Waals surface area contributed by atoms with Gasteiger partial charge >= 0.3 is 0 Å². The number of hydrogen-bond acceptors (Lipinski definition) is 5. The molecule has 8 nitrogen and oxygen atoms in total. The molecule has 0 spiro atoms. The zero-order valence-corrected chi connectivity index (χ0v) is 15.9. The third-order valence-electron chi connectivity index (χ3n) is 5.09. The Balaban J connectivity index is 1.27. The van der Waals surface area contributed by atoms with E-state index in [1.807, 2.05) is 35.2 Å². The Labute approximate surface area is 168 Å². The Morgan fingerprint density at radius 1 is 1.07 bits per heavy atom. The van der Waals surface area contributed by atoms with Crippen LogP contribution in [0.2, 0.25) is 0 Å². The van der Waals surface area contributed by atoms with E-state index in [2.05, 4.69) is 20.8 Å². The summed E-state index contributed by atoms with van der Waals surface area (Å²) in [6.45, 7) is 1.23. The van der Waals surface area contributed by atoms with E-state index in [0.29, 0.717) is 25.1 Å². The minimum Gasteiger partial charge on any atom is -0.347 e. The lowest BCUT2D eigenvalue weighted by Crippen LogP contribution is -2.38. The number of carbonyl (C=O) groups is 2. The molecule has 0 bridgehead atoms. The Kier molecular flexibility index (Phi) is 5.60. The molecule has 1 aromatic heterocycles. The molecule has 1 saturated heterocycles. The summed E-state index contributed by atoms with van der Waals surface area (Å²) in [6, 6.07) is 17.0. The highest BCUT2D eigenvalue weighted by molar-refractivity contribution is 5.94. The van der Waals surface area contributed by atoms with Crippen LogP contribution < -0.4 is 5.32 Å². The molecule has 8 heteroatoms. The monoisotopic (exact) mass is 390 g/mol. The summed E-state index contributed by atoms with van der Waals surface area (Å²) in [5.74, 6) is -0.00625. The third kappa shape index (κ3) is 4.66. The lowest BCUT2D eigenvalue weighted by Gasteiger charge is -2.17. The van der Waals surface area contributed by atoms with E-state index in [-0.39, 0.29) is 17.9 Å². The van der Waals surface area contributed by atoms with Crippen molar-refractivity contribution in [3.05, 3.63) is 72.1 Å². The number of amides is 2. The molecule has 4 rings (SSSR count). The van der Waals surface area contributed by atoms with Crippen LogP contribution in [-0.4, -0.2) is 56.1 Å². The number of likely N-dealkylation sites (tertiary alicyclic amines) is 1. The number of rotatable bonds is 6. The van der Waals surface area contributed by atoms with Gasteiger partial charge in [0.2, 0.25) is 5.91 Å². The maximum Gasteiger partial charge on any atom is 0.251 e. The zero-order valence-electron chi connectivity index (χ0n) is 15.9. The maximum absolute atomic E-state index is 12.5. The molecule has 29 heavy (non-hydrogen) atoms. The first kappa shape index (κ1) is 18.8. The standard InChI is InChI=1S/C21H22N6O2/c28-20(11-6-16-4-2-1-3-5-16)26-13-12-18(14-26)23-21(29)17-7-9-19(10-8-17)27-15-22-24-25-27/h1-5,7-10,15,18H,6,11-14H2,(H,23,29). The van der Waals surface area contributed by atoms with Crippen LogP contribution >= 0.6 is 0 Å². The summed E-state index contributed by atoms with van der Waals surface area (Å²) in [4.78, 5) is 26.8. The van der Waals surface area contributed by atoms with Crippen LogP contribution in [0.3, 0.4) is 0 Å². The maximum atomic E-state index is 12.5. The number of nitrogens with one attached hydrogen (secondary N) is 1. The molecule has 148 valence electrons. The molecule has 3 aromatic rings. The van der Waals surface area contributed by atoms with Crippen LogP contribution in [0, 0.1) is 0 Å². The topological polar surface area (TPSA) is 93.0 Å². The highest BCUT2D eigenvalue weighted by Gasteiger charge is 2.27.